The van der Waals surface area contributed by atoms with Gasteiger partial charge in [0.25, 0.3) is 10.0 Å². The van der Waals surface area contributed by atoms with E-state index in [1.54, 1.807) is 49.6 Å². The van der Waals surface area contributed by atoms with Crippen LogP contribution in [0.3, 0.4) is 0 Å². The smallest absolute Gasteiger partial charge is 0.261 e. The second-order valence-electron chi connectivity index (χ2n) is 5.20. The number of anilines is 1. The molecule has 3 rings (SSSR count). The van der Waals surface area contributed by atoms with Gasteiger partial charge >= 0.3 is 0 Å². The molecule has 0 radical (unpaired) electrons. The molecule has 0 amide bonds. The van der Waals surface area contributed by atoms with Gasteiger partial charge < -0.3 is 4.74 Å². The van der Waals surface area contributed by atoms with Crippen molar-refractivity contribution in [1.82, 2.24) is 0 Å². The molecular weight excluding hydrogens is 322 g/mol. The van der Waals surface area contributed by atoms with Crippen molar-refractivity contribution in [3.8, 4) is 16.9 Å². The molecular formula is C19H17NO3S. The lowest BCUT2D eigenvalue weighted by atomic mass is 10.0. The van der Waals surface area contributed by atoms with E-state index < -0.39 is 10.0 Å². The van der Waals surface area contributed by atoms with E-state index in [1.165, 1.54) is 0 Å². The number of hydrogen-bond donors (Lipinski definition) is 1. The summed E-state index contributed by atoms with van der Waals surface area (Å²) in [6.07, 6.45) is 0. The molecule has 0 spiro atoms. The molecule has 0 saturated carbocycles. The third kappa shape index (κ3) is 3.41. The van der Waals surface area contributed by atoms with E-state index in [2.05, 4.69) is 4.72 Å². The minimum atomic E-state index is -3.64. The summed E-state index contributed by atoms with van der Waals surface area (Å²) in [6.45, 7) is 0. The van der Waals surface area contributed by atoms with Crippen LogP contribution in [0.15, 0.2) is 83.8 Å². The third-order valence-corrected chi connectivity index (χ3v) is 4.99. The maximum absolute atomic E-state index is 12.6. The molecule has 3 aromatic carbocycles. The summed E-state index contributed by atoms with van der Waals surface area (Å²) >= 11 is 0. The number of benzene rings is 3. The fraction of sp³-hybridized carbons (Fsp3) is 0.0526. The van der Waals surface area contributed by atoms with Gasteiger partial charge in [0, 0.05) is 5.56 Å². The first-order chi connectivity index (χ1) is 11.6. The molecule has 4 nitrogen and oxygen atoms in total. The number of ether oxygens (including phenoxy) is 1. The second kappa shape index (κ2) is 6.76. The molecule has 0 saturated heterocycles. The zero-order valence-electron chi connectivity index (χ0n) is 13.1. The molecule has 0 heterocycles. The molecule has 1 N–H and O–H groups in total. The zero-order valence-corrected chi connectivity index (χ0v) is 14.0. The minimum Gasteiger partial charge on any atom is -0.497 e. The number of methoxy groups -OCH3 is 1. The SMILES string of the molecule is COc1cccc(-c2ccccc2NS(=O)(=O)c2ccccc2)c1. The Morgan fingerprint density at radius 2 is 1.54 bits per heavy atom. The average molecular weight is 339 g/mol. The van der Waals surface area contributed by atoms with Crippen molar-refractivity contribution in [2.75, 3.05) is 11.8 Å². The summed E-state index contributed by atoms with van der Waals surface area (Å²) in [5.41, 5.74) is 2.19. The van der Waals surface area contributed by atoms with Crippen LogP contribution in [0.4, 0.5) is 5.69 Å². The summed E-state index contributed by atoms with van der Waals surface area (Å²) < 4.78 is 33.1. The Hall–Kier alpha value is -2.79. The van der Waals surface area contributed by atoms with Crippen LogP contribution in [0.1, 0.15) is 0 Å². The Morgan fingerprint density at radius 1 is 0.833 bits per heavy atom. The molecule has 0 aromatic heterocycles. The van der Waals surface area contributed by atoms with Crippen molar-refractivity contribution < 1.29 is 13.2 Å². The van der Waals surface area contributed by atoms with Crippen LogP contribution in [0.2, 0.25) is 0 Å². The Labute approximate surface area is 141 Å². The Morgan fingerprint density at radius 3 is 2.29 bits per heavy atom. The van der Waals surface area contributed by atoms with Gasteiger partial charge in [0.2, 0.25) is 0 Å². The summed E-state index contributed by atoms with van der Waals surface area (Å²) in [4.78, 5) is 0.227. The third-order valence-electron chi connectivity index (χ3n) is 3.61. The maximum atomic E-state index is 12.6. The number of sulfonamides is 1. The Kier molecular flexibility index (Phi) is 4.53. The van der Waals surface area contributed by atoms with Crippen LogP contribution >= 0.6 is 0 Å². The van der Waals surface area contributed by atoms with E-state index in [0.717, 1.165) is 11.1 Å². The molecule has 0 aliphatic rings. The van der Waals surface area contributed by atoms with Crippen LogP contribution in [-0.4, -0.2) is 15.5 Å². The number of rotatable bonds is 5. The first-order valence-corrected chi connectivity index (χ1v) is 8.90. The predicted octanol–water partition coefficient (Wildman–Crippen LogP) is 4.16. The highest BCUT2D eigenvalue weighted by molar-refractivity contribution is 7.92. The molecule has 5 heteroatoms. The molecule has 0 atom stereocenters. The molecule has 0 aliphatic heterocycles. The topological polar surface area (TPSA) is 55.4 Å². The van der Waals surface area contributed by atoms with Crippen molar-refractivity contribution in [2.24, 2.45) is 0 Å². The standard InChI is InChI=1S/C19H17NO3S/c1-23-16-9-7-8-15(14-16)18-12-5-6-13-19(18)20-24(21,22)17-10-3-2-4-11-17/h2-14,20H,1H3. The summed E-state index contributed by atoms with van der Waals surface area (Å²) in [5.74, 6) is 0.716. The van der Waals surface area contributed by atoms with E-state index in [0.29, 0.717) is 11.4 Å². The molecule has 122 valence electrons. The highest BCUT2D eigenvalue weighted by Gasteiger charge is 2.16. The van der Waals surface area contributed by atoms with Gasteiger partial charge in [-0.05, 0) is 35.9 Å². The van der Waals surface area contributed by atoms with Crippen LogP contribution in [0.5, 0.6) is 5.75 Å². The summed E-state index contributed by atoms with van der Waals surface area (Å²) in [6, 6.07) is 23.1. The monoisotopic (exact) mass is 339 g/mol. The van der Waals surface area contributed by atoms with Crippen molar-refractivity contribution >= 4 is 15.7 Å². The van der Waals surface area contributed by atoms with Crippen molar-refractivity contribution in [3.63, 3.8) is 0 Å². The van der Waals surface area contributed by atoms with Gasteiger partial charge in [-0.3, -0.25) is 4.72 Å². The van der Waals surface area contributed by atoms with Gasteiger partial charge in [0.05, 0.1) is 17.7 Å². The number of para-hydroxylation sites is 1. The minimum absolute atomic E-state index is 0.227. The van der Waals surface area contributed by atoms with Gasteiger partial charge in [0.15, 0.2) is 0 Å². The Bertz CT molecular complexity index is 938. The van der Waals surface area contributed by atoms with Crippen molar-refractivity contribution in [2.45, 2.75) is 4.90 Å². The van der Waals surface area contributed by atoms with Crippen molar-refractivity contribution in [1.29, 1.82) is 0 Å². The van der Waals surface area contributed by atoms with E-state index in [4.69, 9.17) is 4.74 Å². The fourth-order valence-electron chi connectivity index (χ4n) is 2.42. The molecule has 0 bridgehead atoms. The number of hydrogen-bond acceptors (Lipinski definition) is 3. The molecule has 0 fully saturated rings. The number of nitrogens with one attached hydrogen (secondary N) is 1. The second-order valence-corrected chi connectivity index (χ2v) is 6.88. The molecule has 3 aromatic rings. The van der Waals surface area contributed by atoms with Gasteiger partial charge in [0.1, 0.15) is 5.75 Å². The van der Waals surface area contributed by atoms with Crippen LogP contribution in [0.25, 0.3) is 11.1 Å². The van der Waals surface area contributed by atoms with E-state index in [-0.39, 0.29) is 4.90 Å². The maximum Gasteiger partial charge on any atom is 0.261 e. The van der Waals surface area contributed by atoms with Crippen LogP contribution < -0.4 is 9.46 Å². The summed E-state index contributed by atoms with van der Waals surface area (Å²) in [5, 5.41) is 0. The largest absolute Gasteiger partial charge is 0.497 e. The average Bonchev–Trinajstić information content (AvgIpc) is 2.63. The molecule has 24 heavy (non-hydrogen) atoms. The van der Waals surface area contributed by atoms with Crippen LogP contribution in [-0.2, 0) is 10.0 Å². The van der Waals surface area contributed by atoms with E-state index in [9.17, 15) is 8.42 Å². The van der Waals surface area contributed by atoms with Gasteiger partial charge in [-0.25, -0.2) is 8.42 Å². The van der Waals surface area contributed by atoms with Crippen LogP contribution in [0, 0.1) is 0 Å². The zero-order chi connectivity index (χ0) is 17.0. The lowest BCUT2D eigenvalue weighted by Crippen LogP contribution is -2.13. The van der Waals surface area contributed by atoms with Gasteiger partial charge in [-0.2, -0.15) is 0 Å². The molecule has 0 aliphatic carbocycles. The van der Waals surface area contributed by atoms with E-state index in [1.807, 2.05) is 36.4 Å². The Balaban J connectivity index is 2.01. The first kappa shape index (κ1) is 16.1. The lowest BCUT2D eigenvalue weighted by molar-refractivity contribution is 0.415. The highest BCUT2D eigenvalue weighted by Crippen LogP contribution is 2.31. The fourth-order valence-corrected chi connectivity index (χ4v) is 3.52. The lowest BCUT2D eigenvalue weighted by Gasteiger charge is -2.13. The quantitative estimate of drug-likeness (QED) is 0.759. The normalized spacial score (nSPS) is 11.0. The summed E-state index contributed by atoms with van der Waals surface area (Å²) in [7, 11) is -2.04. The molecule has 0 unspecified atom stereocenters. The predicted molar refractivity (Wildman–Crippen MR) is 95.7 cm³/mol. The van der Waals surface area contributed by atoms with Gasteiger partial charge in [-0.15, -0.1) is 0 Å². The van der Waals surface area contributed by atoms with E-state index >= 15 is 0 Å². The first-order valence-electron chi connectivity index (χ1n) is 7.41. The van der Waals surface area contributed by atoms with Gasteiger partial charge in [-0.1, -0.05) is 48.5 Å². The highest BCUT2D eigenvalue weighted by atomic mass is 32.2. The van der Waals surface area contributed by atoms with Crippen molar-refractivity contribution in [3.05, 3.63) is 78.9 Å².